The zero-order chi connectivity index (χ0) is 26.5. The van der Waals surface area contributed by atoms with E-state index in [2.05, 4.69) is 0 Å². The number of hydrogen-bond acceptors (Lipinski definition) is 5. The van der Waals surface area contributed by atoms with E-state index in [4.69, 9.17) is 0 Å². The minimum absolute atomic E-state index is 0.0264. The van der Waals surface area contributed by atoms with E-state index in [1.165, 1.54) is 40.1 Å². The predicted molar refractivity (Wildman–Crippen MR) is 142 cm³/mol. The molecule has 0 fully saturated rings. The van der Waals surface area contributed by atoms with E-state index in [-0.39, 0.29) is 41.8 Å². The molecular weight excluding hydrogens is 493 g/mol. The summed E-state index contributed by atoms with van der Waals surface area (Å²) in [5, 5.41) is 12.9. The number of carbonyl (C=O) groups is 2. The lowest BCUT2D eigenvalue weighted by Crippen LogP contribution is -2.47. The van der Waals surface area contributed by atoms with Crippen LogP contribution in [0, 0.1) is 21.8 Å². The van der Waals surface area contributed by atoms with Gasteiger partial charge in [0.25, 0.3) is 5.69 Å². The molecule has 4 rings (SSSR count). The summed E-state index contributed by atoms with van der Waals surface area (Å²) in [5.41, 5.74) is 2.48. The number of carbonyl (C=O) groups excluding carboxylic acids is 2. The van der Waals surface area contributed by atoms with Crippen LogP contribution in [0.25, 0.3) is 6.08 Å². The number of benzene rings is 2. The van der Waals surface area contributed by atoms with Crippen molar-refractivity contribution in [1.29, 1.82) is 0 Å². The van der Waals surface area contributed by atoms with E-state index in [0.29, 0.717) is 18.7 Å². The summed E-state index contributed by atoms with van der Waals surface area (Å²) in [6, 6.07) is 13.8. The number of nitrogens with zero attached hydrogens (tertiary/aromatic N) is 3. The van der Waals surface area contributed by atoms with E-state index >= 15 is 0 Å². The molecule has 0 N–H and O–H groups in total. The molecule has 0 saturated heterocycles. The minimum Gasteiger partial charge on any atom is -0.330 e. The third-order valence-corrected chi connectivity index (χ3v) is 7.21. The quantitative estimate of drug-likeness (QED) is 0.224. The number of rotatable bonds is 8. The van der Waals surface area contributed by atoms with E-state index in [9.17, 15) is 24.1 Å². The summed E-state index contributed by atoms with van der Waals surface area (Å²) >= 11 is 1.65. The molecule has 1 aromatic heterocycles. The van der Waals surface area contributed by atoms with Gasteiger partial charge in [-0.3, -0.25) is 19.7 Å². The highest BCUT2D eigenvalue weighted by Gasteiger charge is 2.34. The van der Waals surface area contributed by atoms with Crippen molar-refractivity contribution in [2.45, 2.75) is 26.3 Å². The van der Waals surface area contributed by atoms with E-state index in [0.717, 1.165) is 17.5 Å². The average molecular weight is 522 g/mol. The molecule has 0 bridgehead atoms. The van der Waals surface area contributed by atoms with Crippen LogP contribution in [0.3, 0.4) is 0 Å². The number of fused-ring (bicyclic) bond motifs is 1. The second-order valence-electron chi connectivity index (χ2n) is 9.38. The molecule has 0 radical (unpaired) electrons. The van der Waals surface area contributed by atoms with Gasteiger partial charge in [0.1, 0.15) is 12.4 Å². The Bertz CT molecular complexity index is 1300. The molecule has 0 spiro atoms. The fourth-order valence-electron chi connectivity index (χ4n) is 4.50. The summed E-state index contributed by atoms with van der Waals surface area (Å²) < 4.78 is 13.6. The predicted octanol–water partition coefficient (Wildman–Crippen LogP) is 5.47. The molecule has 9 heteroatoms. The number of nitro benzene ring substituents is 1. The Labute approximate surface area is 219 Å². The summed E-state index contributed by atoms with van der Waals surface area (Å²) in [4.78, 5) is 41.6. The molecule has 0 saturated carbocycles. The zero-order valence-corrected chi connectivity index (χ0v) is 21.5. The van der Waals surface area contributed by atoms with Gasteiger partial charge in [-0.2, -0.15) is 0 Å². The lowest BCUT2D eigenvalue weighted by Gasteiger charge is -2.37. The van der Waals surface area contributed by atoms with Crippen LogP contribution in [0.15, 0.2) is 66.1 Å². The number of nitro groups is 1. The van der Waals surface area contributed by atoms with Gasteiger partial charge in [0.2, 0.25) is 11.8 Å². The Morgan fingerprint density at radius 3 is 2.51 bits per heavy atom. The maximum Gasteiger partial charge on any atom is 0.269 e. The van der Waals surface area contributed by atoms with Crippen LogP contribution in [0.2, 0.25) is 0 Å². The highest BCUT2D eigenvalue weighted by Crippen LogP contribution is 2.38. The first kappa shape index (κ1) is 26.2. The van der Waals surface area contributed by atoms with Crippen LogP contribution in [0.5, 0.6) is 0 Å². The molecule has 2 aromatic carbocycles. The lowest BCUT2D eigenvalue weighted by molar-refractivity contribution is -0.384. The maximum atomic E-state index is 13.6. The second-order valence-corrected chi connectivity index (χ2v) is 10.4. The van der Waals surface area contributed by atoms with Gasteiger partial charge in [0.05, 0.1) is 11.0 Å². The number of amides is 2. The van der Waals surface area contributed by atoms with Crippen molar-refractivity contribution in [2.75, 3.05) is 19.6 Å². The molecule has 2 heterocycles. The minimum atomic E-state index is -0.479. The van der Waals surface area contributed by atoms with Crippen molar-refractivity contribution in [1.82, 2.24) is 9.80 Å². The number of halogens is 1. The third-order valence-electron chi connectivity index (χ3n) is 6.22. The van der Waals surface area contributed by atoms with Gasteiger partial charge in [0.15, 0.2) is 0 Å². The first-order valence-electron chi connectivity index (χ1n) is 12.1. The molecule has 2 amide bonds. The van der Waals surface area contributed by atoms with E-state index in [1.807, 2.05) is 25.3 Å². The van der Waals surface area contributed by atoms with Crippen LogP contribution >= 0.6 is 11.3 Å². The highest BCUT2D eigenvalue weighted by atomic mass is 32.1. The molecule has 7 nitrogen and oxygen atoms in total. The fourth-order valence-corrected chi connectivity index (χ4v) is 5.40. The van der Waals surface area contributed by atoms with E-state index in [1.54, 1.807) is 46.6 Å². The van der Waals surface area contributed by atoms with Crippen molar-refractivity contribution in [2.24, 2.45) is 5.92 Å². The molecule has 192 valence electrons. The normalized spacial score (nSPS) is 15.1. The number of hydrogen-bond donors (Lipinski definition) is 0. The molecule has 37 heavy (non-hydrogen) atoms. The molecule has 0 aliphatic carbocycles. The van der Waals surface area contributed by atoms with Gasteiger partial charge in [-0.1, -0.05) is 26.0 Å². The Kier molecular flexibility index (Phi) is 8.13. The second kappa shape index (κ2) is 11.5. The summed E-state index contributed by atoms with van der Waals surface area (Å²) in [6.45, 7) is 4.78. The topological polar surface area (TPSA) is 83.8 Å². The summed E-state index contributed by atoms with van der Waals surface area (Å²) in [6.07, 6.45) is 3.71. The van der Waals surface area contributed by atoms with Crippen LogP contribution < -0.4 is 0 Å². The highest BCUT2D eigenvalue weighted by molar-refractivity contribution is 7.10. The molecule has 1 aliphatic rings. The van der Waals surface area contributed by atoms with Crippen molar-refractivity contribution >= 4 is 34.9 Å². The summed E-state index contributed by atoms with van der Waals surface area (Å²) in [7, 11) is 0. The summed E-state index contributed by atoms with van der Waals surface area (Å²) in [5.74, 6) is -0.686. The van der Waals surface area contributed by atoms with Crippen LogP contribution in [0.4, 0.5) is 10.1 Å². The van der Waals surface area contributed by atoms with Gasteiger partial charge < -0.3 is 9.80 Å². The SMILES string of the molecule is CC(C)CN(CC(=O)N1CCc2sccc2C1c1ccc(F)cc1)C(=O)C=Cc1ccc([N+](=O)[O-])cc1. The molecule has 3 aromatic rings. The molecular formula is C28H28FN3O4S. The largest absolute Gasteiger partial charge is 0.330 e. The lowest BCUT2D eigenvalue weighted by atomic mass is 9.93. The fraction of sp³-hybridized carbons (Fsp3) is 0.286. The van der Waals surface area contributed by atoms with Gasteiger partial charge >= 0.3 is 0 Å². The average Bonchev–Trinajstić information content (AvgIpc) is 3.36. The Morgan fingerprint density at radius 2 is 1.86 bits per heavy atom. The van der Waals surface area contributed by atoms with Crippen LogP contribution in [-0.2, 0) is 16.0 Å². The van der Waals surface area contributed by atoms with Gasteiger partial charge in [0, 0.05) is 36.2 Å². The smallest absolute Gasteiger partial charge is 0.269 e. The van der Waals surface area contributed by atoms with Crippen LogP contribution in [0.1, 0.15) is 41.5 Å². The van der Waals surface area contributed by atoms with E-state index < -0.39 is 4.92 Å². The Balaban J connectivity index is 1.54. The third kappa shape index (κ3) is 6.29. The monoisotopic (exact) mass is 521 g/mol. The van der Waals surface area contributed by atoms with Crippen molar-refractivity contribution in [3.8, 4) is 0 Å². The first-order valence-corrected chi connectivity index (χ1v) is 12.9. The van der Waals surface area contributed by atoms with Crippen molar-refractivity contribution < 1.29 is 18.9 Å². The molecule has 1 atom stereocenters. The zero-order valence-electron chi connectivity index (χ0n) is 20.7. The van der Waals surface area contributed by atoms with Gasteiger partial charge in [-0.05, 0) is 70.8 Å². The van der Waals surface area contributed by atoms with Gasteiger partial charge in [-0.25, -0.2) is 4.39 Å². The molecule has 1 aliphatic heterocycles. The van der Waals surface area contributed by atoms with Crippen molar-refractivity contribution in [3.05, 3.63) is 104 Å². The van der Waals surface area contributed by atoms with Crippen molar-refractivity contribution in [3.63, 3.8) is 0 Å². The Morgan fingerprint density at radius 1 is 1.16 bits per heavy atom. The first-order chi connectivity index (χ1) is 17.7. The van der Waals surface area contributed by atoms with Crippen LogP contribution in [-0.4, -0.2) is 46.2 Å². The Hall–Kier alpha value is -3.85. The maximum absolute atomic E-state index is 13.6. The standard InChI is InChI=1S/C28H28FN3O4S/c1-19(2)17-30(26(33)12-5-20-3-10-23(11-4-20)32(35)36)18-27(34)31-15-13-25-24(14-16-37-25)28(31)21-6-8-22(29)9-7-21/h3-12,14,16,19,28H,13,15,17-18H2,1-2H3. The molecule has 1 unspecified atom stereocenters. The number of thiophene rings is 1. The number of non-ortho nitro benzene ring substituents is 1. The van der Waals surface area contributed by atoms with Gasteiger partial charge in [-0.15, -0.1) is 11.3 Å².